The van der Waals surface area contributed by atoms with E-state index in [0.29, 0.717) is 0 Å². The van der Waals surface area contributed by atoms with E-state index in [4.69, 9.17) is 9.73 Å². The number of ether oxygens (including phenoxy) is 1. The fourth-order valence-electron chi connectivity index (χ4n) is 3.21. The zero-order valence-corrected chi connectivity index (χ0v) is 16.5. The number of thiophene rings is 1. The lowest BCUT2D eigenvalue weighted by atomic mass is 10.1. The van der Waals surface area contributed by atoms with Crippen LogP contribution in [0.25, 0.3) is 0 Å². The zero-order chi connectivity index (χ0) is 18.2. The van der Waals surface area contributed by atoms with Crippen LogP contribution in [0.1, 0.15) is 12.5 Å². The van der Waals surface area contributed by atoms with Crippen LogP contribution >= 0.6 is 11.3 Å². The maximum Gasteiger partial charge on any atom is 0.194 e. The summed E-state index contributed by atoms with van der Waals surface area (Å²) >= 11 is 1.81. The lowest BCUT2D eigenvalue weighted by Crippen LogP contribution is -2.52. The van der Waals surface area contributed by atoms with E-state index in [0.717, 1.165) is 57.4 Å². The maximum absolute atomic E-state index is 5.43. The van der Waals surface area contributed by atoms with Crippen LogP contribution in [0.4, 0.5) is 5.00 Å². The topological polar surface area (TPSA) is 40.1 Å². The zero-order valence-electron chi connectivity index (χ0n) is 15.6. The number of hydrogen-bond donors (Lipinski definition) is 1. The summed E-state index contributed by atoms with van der Waals surface area (Å²) in [5.74, 6) is 1.96. The first-order chi connectivity index (χ1) is 12.8. The SMILES string of the molecule is CCNC(=NCCc1ccccc1OC)N1CCN(c2cccs2)CC1. The van der Waals surface area contributed by atoms with Gasteiger partial charge in [0.1, 0.15) is 5.75 Å². The molecule has 2 heterocycles. The van der Waals surface area contributed by atoms with Gasteiger partial charge in [0.05, 0.1) is 12.1 Å². The average Bonchev–Trinajstić information content (AvgIpc) is 3.23. The van der Waals surface area contributed by atoms with E-state index >= 15 is 0 Å². The van der Waals surface area contributed by atoms with Gasteiger partial charge in [-0.1, -0.05) is 18.2 Å². The molecular weight excluding hydrogens is 344 g/mol. The van der Waals surface area contributed by atoms with E-state index in [1.54, 1.807) is 7.11 Å². The summed E-state index contributed by atoms with van der Waals surface area (Å²) in [6.45, 7) is 7.84. The first-order valence-electron chi connectivity index (χ1n) is 9.25. The van der Waals surface area contributed by atoms with Crippen LogP contribution in [0, 0.1) is 0 Å². The second kappa shape index (κ2) is 9.48. The molecule has 2 aromatic rings. The van der Waals surface area contributed by atoms with Crippen LogP contribution in [0.3, 0.4) is 0 Å². The Hall–Kier alpha value is -2.21. The van der Waals surface area contributed by atoms with Crippen molar-refractivity contribution >= 4 is 22.3 Å². The molecule has 6 heteroatoms. The summed E-state index contributed by atoms with van der Waals surface area (Å²) in [7, 11) is 1.72. The summed E-state index contributed by atoms with van der Waals surface area (Å²) in [6, 6.07) is 12.5. The molecule has 1 aliphatic heterocycles. The largest absolute Gasteiger partial charge is 0.496 e. The lowest BCUT2D eigenvalue weighted by molar-refractivity contribution is 0.373. The van der Waals surface area contributed by atoms with Crippen molar-refractivity contribution in [2.45, 2.75) is 13.3 Å². The van der Waals surface area contributed by atoms with Crippen LogP contribution in [0.2, 0.25) is 0 Å². The molecule has 1 N–H and O–H groups in total. The quantitative estimate of drug-likeness (QED) is 0.625. The number of guanidine groups is 1. The van der Waals surface area contributed by atoms with Crippen molar-refractivity contribution in [1.29, 1.82) is 0 Å². The van der Waals surface area contributed by atoms with Crippen LogP contribution in [0.5, 0.6) is 5.75 Å². The highest BCUT2D eigenvalue weighted by atomic mass is 32.1. The number of anilines is 1. The third kappa shape index (κ3) is 4.69. The molecule has 26 heavy (non-hydrogen) atoms. The normalized spacial score (nSPS) is 15.2. The molecule has 1 aromatic heterocycles. The summed E-state index contributed by atoms with van der Waals surface area (Å²) in [4.78, 5) is 9.68. The van der Waals surface area contributed by atoms with Crippen molar-refractivity contribution in [2.75, 3.05) is 51.3 Å². The van der Waals surface area contributed by atoms with Crippen molar-refractivity contribution in [3.63, 3.8) is 0 Å². The summed E-state index contributed by atoms with van der Waals surface area (Å²) in [6.07, 6.45) is 0.883. The second-order valence-corrected chi connectivity index (χ2v) is 7.15. The Balaban J connectivity index is 1.57. The van der Waals surface area contributed by atoms with Crippen molar-refractivity contribution in [2.24, 2.45) is 4.99 Å². The highest BCUT2D eigenvalue weighted by Crippen LogP contribution is 2.22. The van der Waals surface area contributed by atoms with E-state index < -0.39 is 0 Å². The van der Waals surface area contributed by atoms with Gasteiger partial charge in [-0.15, -0.1) is 11.3 Å². The molecule has 0 amide bonds. The minimum absolute atomic E-state index is 0.758. The molecule has 0 spiro atoms. The van der Waals surface area contributed by atoms with Gasteiger partial charge < -0.3 is 19.9 Å². The number of benzene rings is 1. The van der Waals surface area contributed by atoms with E-state index in [9.17, 15) is 0 Å². The van der Waals surface area contributed by atoms with E-state index in [2.05, 4.69) is 51.7 Å². The van der Waals surface area contributed by atoms with Gasteiger partial charge in [-0.2, -0.15) is 0 Å². The Morgan fingerprint density at radius 1 is 1.15 bits per heavy atom. The lowest BCUT2D eigenvalue weighted by Gasteiger charge is -2.37. The molecule has 1 aliphatic rings. The van der Waals surface area contributed by atoms with E-state index in [1.165, 1.54) is 10.6 Å². The fourth-order valence-corrected chi connectivity index (χ4v) is 3.99. The monoisotopic (exact) mass is 372 g/mol. The maximum atomic E-state index is 5.43. The number of rotatable bonds is 6. The van der Waals surface area contributed by atoms with E-state index in [1.807, 2.05) is 23.5 Å². The van der Waals surface area contributed by atoms with Gasteiger partial charge in [-0.25, -0.2) is 0 Å². The summed E-state index contributed by atoms with van der Waals surface area (Å²) < 4.78 is 5.43. The number of nitrogens with one attached hydrogen (secondary N) is 1. The number of aliphatic imine (C=N–C) groups is 1. The minimum atomic E-state index is 0.758. The Morgan fingerprint density at radius 2 is 1.96 bits per heavy atom. The van der Waals surface area contributed by atoms with Gasteiger partial charge >= 0.3 is 0 Å². The smallest absolute Gasteiger partial charge is 0.194 e. The van der Waals surface area contributed by atoms with Crippen molar-refractivity contribution in [3.8, 4) is 5.75 Å². The third-order valence-corrected chi connectivity index (χ3v) is 5.50. The number of para-hydroxylation sites is 1. The highest BCUT2D eigenvalue weighted by molar-refractivity contribution is 7.14. The standard InChI is InChI=1S/C20H28N4OS/c1-3-21-20(22-11-10-17-7-4-5-8-18(17)25-2)24-14-12-23(13-15-24)19-9-6-16-26-19/h4-9,16H,3,10-15H2,1-2H3,(H,21,22). The molecule has 3 rings (SSSR count). The molecule has 1 fully saturated rings. The average molecular weight is 373 g/mol. The molecular formula is C20H28N4OS. The predicted molar refractivity (Wildman–Crippen MR) is 111 cm³/mol. The number of hydrogen-bond acceptors (Lipinski definition) is 4. The molecule has 1 aromatic carbocycles. The van der Waals surface area contributed by atoms with Crippen LogP contribution in [0.15, 0.2) is 46.8 Å². The van der Waals surface area contributed by atoms with Gasteiger partial charge in [0.2, 0.25) is 0 Å². The van der Waals surface area contributed by atoms with Crippen molar-refractivity contribution in [1.82, 2.24) is 10.2 Å². The molecule has 0 atom stereocenters. The van der Waals surface area contributed by atoms with Gasteiger partial charge in [0.15, 0.2) is 5.96 Å². The van der Waals surface area contributed by atoms with Gasteiger partial charge in [0, 0.05) is 39.3 Å². The first kappa shape index (κ1) is 18.6. The highest BCUT2D eigenvalue weighted by Gasteiger charge is 2.20. The summed E-state index contributed by atoms with van der Waals surface area (Å²) in [5, 5.41) is 6.95. The van der Waals surface area contributed by atoms with Crippen LogP contribution < -0.4 is 15.0 Å². The molecule has 0 radical (unpaired) electrons. The molecule has 0 aliphatic carbocycles. The molecule has 140 valence electrons. The second-order valence-electron chi connectivity index (χ2n) is 6.22. The summed E-state index contributed by atoms with van der Waals surface area (Å²) in [5.41, 5.74) is 1.21. The van der Waals surface area contributed by atoms with E-state index in [-0.39, 0.29) is 0 Å². The Bertz CT molecular complexity index is 694. The Kier molecular flexibility index (Phi) is 6.77. The van der Waals surface area contributed by atoms with Gasteiger partial charge in [-0.05, 0) is 42.5 Å². The molecule has 0 saturated carbocycles. The van der Waals surface area contributed by atoms with Crippen LogP contribution in [-0.4, -0.2) is 57.2 Å². The number of nitrogens with zero attached hydrogens (tertiary/aromatic N) is 3. The molecule has 0 unspecified atom stereocenters. The first-order valence-corrected chi connectivity index (χ1v) is 10.1. The fraction of sp³-hybridized carbons (Fsp3) is 0.450. The Labute approximate surface area is 160 Å². The minimum Gasteiger partial charge on any atom is -0.496 e. The van der Waals surface area contributed by atoms with Crippen molar-refractivity contribution < 1.29 is 4.74 Å². The van der Waals surface area contributed by atoms with Gasteiger partial charge in [0.25, 0.3) is 0 Å². The molecule has 0 bridgehead atoms. The molecule has 5 nitrogen and oxygen atoms in total. The number of methoxy groups -OCH3 is 1. The van der Waals surface area contributed by atoms with Crippen molar-refractivity contribution in [3.05, 3.63) is 47.3 Å². The Morgan fingerprint density at radius 3 is 2.65 bits per heavy atom. The van der Waals surface area contributed by atoms with Crippen LogP contribution in [-0.2, 0) is 6.42 Å². The number of piperazine rings is 1. The third-order valence-electron chi connectivity index (χ3n) is 4.57. The van der Waals surface area contributed by atoms with Gasteiger partial charge in [-0.3, -0.25) is 4.99 Å². The molecule has 1 saturated heterocycles. The predicted octanol–water partition coefficient (Wildman–Crippen LogP) is 3.09.